The number of anilines is 2. The van der Waals surface area contributed by atoms with Crippen molar-refractivity contribution in [2.75, 3.05) is 23.1 Å². The number of hydrogen-bond acceptors (Lipinski definition) is 4. The van der Waals surface area contributed by atoms with Gasteiger partial charge in [0, 0.05) is 35.6 Å². The van der Waals surface area contributed by atoms with Gasteiger partial charge in [-0.25, -0.2) is 8.42 Å². The summed E-state index contributed by atoms with van der Waals surface area (Å²) in [5.41, 5.74) is 3.21. The van der Waals surface area contributed by atoms with E-state index < -0.39 is 10.0 Å². The fourth-order valence-corrected chi connectivity index (χ4v) is 4.91. The summed E-state index contributed by atoms with van der Waals surface area (Å²) in [6.07, 6.45) is 0. The lowest BCUT2D eigenvalue weighted by Gasteiger charge is -2.19. The molecule has 7 nitrogen and oxygen atoms in total. The largest absolute Gasteiger partial charge is 0.339 e. The van der Waals surface area contributed by atoms with Gasteiger partial charge in [-0.1, -0.05) is 18.2 Å². The molecule has 0 aliphatic carbocycles. The van der Waals surface area contributed by atoms with E-state index in [0.717, 1.165) is 5.56 Å². The van der Waals surface area contributed by atoms with Gasteiger partial charge in [0.25, 0.3) is 21.8 Å². The van der Waals surface area contributed by atoms with Crippen LogP contribution in [0.25, 0.3) is 0 Å². The molecule has 0 saturated carbocycles. The zero-order chi connectivity index (χ0) is 24.9. The average molecular weight is 480 g/mol. The molecule has 0 aromatic heterocycles. The SMILES string of the molecule is CCN(CC)C(=O)c1cccc(NC(=O)c2ccc(NS(=O)(=O)c3cc(C)ccc3C)cc2)c1. The second-order valence-corrected chi connectivity index (χ2v) is 9.61. The van der Waals surface area contributed by atoms with Crippen LogP contribution >= 0.6 is 0 Å². The second-order valence-electron chi connectivity index (χ2n) is 7.96. The Balaban J connectivity index is 1.72. The maximum atomic E-state index is 12.8. The summed E-state index contributed by atoms with van der Waals surface area (Å²) in [7, 11) is -3.76. The molecular formula is C26H29N3O4S. The standard InChI is InChI=1S/C26H29N3O4S/c1-5-29(6-2)26(31)21-8-7-9-23(17-21)27-25(30)20-12-14-22(15-13-20)28-34(32,33)24-16-18(3)10-11-19(24)4/h7-17,28H,5-6H2,1-4H3,(H,27,30). The number of sulfonamides is 1. The van der Waals surface area contributed by atoms with Crippen molar-refractivity contribution in [1.29, 1.82) is 0 Å². The molecule has 0 aliphatic rings. The average Bonchev–Trinajstić information content (AvgIpc) is 2.81. The van der Waals surface area contributed by atoms with Crippen LogP contribution in [0.1, 0.15) is 45.7 Å². The maximum Gasteiger partial charge on any atom is 0.262 e. The van der Waals surface area contributed by atoms with Crippen LogP contribution in [0.4, 0.5) is 11.4 Å². The zero-order valence-corrected chi connectivity index (χ0v) is 20.6. The predicted octanol–water partition coefficient (Wildman–Crippen LogP) is 4.84. The molecule has 0 saturated heterocycles. The molecule has 0 atom stereocenters. The normalized spacial score (nSPS) is 11.1. The first-order chi connectivity index (χ1) is 16.1. The number of hydrogen-bond donors (Lipinski definition) is 2. The van der Waals surface area contributed by atoms with Gasteiger partial charge >= 0.3 is 0 Å². The first kappa shape index (κ1) is 25.0. The molecule has 34 heavy (non-hydrogen) atoms. The molecule has 2 N–H and O–H groups in total. The minimum Gasteiger partial charge on any atom is -0.339 e. The number of carbonyl (C=O) groups excluding carboxylic acids is 2. The number of benzene rings is 3. The Morgan fingerprint density at radius 1 is 0.824 bits per heavy atom. The minimum atomic E-state index is -3.76. The lowest BCUT2D eigenvalue weighted by Crippen LogP contribution is -2.30. The van der Waals surface area contributed by atoms with E-state index >= 15 is 0 Å². The van der Waals surface area contributed by atoms with Crippen molar-refractivity contribution in [2.24, 2.45) is 0 Å². The smallest absolute Gasteiger partial charge is 0.262 e. The first-order valence-corrected chi connectivity index (χ1v) is 12.5. The van der Waals surface area contributed by atoms with E-state index in [4.69, 9.17) is 0 Å². The molecular weight excluding hydrogens is 450 g/mol. The highest BCUT2D eigenvalue weighted by Crippen LogP contribution is 2.21. The Labute approximate surface area is 200 Å². The number of amides is 2. The maximum absolute atomic E-state index is 12.8. The molecule has 0 bridgehead atoms. The van der Waals surface area contributed by atoms with Gasteiger partial charge in [0.2, 0.25) is 0 Å². The van der Waals surface area contributed by atoms with E-state index in [-0.39, 0.29) is 16.7 Å². The van der Waals surface area contributed by atoms with Crippen molar-refractivity contribution in [2.45, 2.75) is 32.6 Å². The Kier molecular flexibility index (Phi) is 7.73. The van der Waals surface area contributed by atoms with E-state index in [9.17, 15) is 18.0 Å². The van der Waals surface area contributed by atoms with Gasteiger partial charge in [0.05, 0.1) is 4.90 Å². The van der Waals surface area contributed by atoms with Gasteiger partial charge in [-0.15, -0.1) is 0 Å². The van der Waals surface area contributed by atoms with Gasteiger partial charge in [-0.2, -0.15) is 0 Å². The van der Waals surface area contributed by atoms with Crippen molar-refractivity contribution in [1.82, 2.24) is 4.90 Å². The molecule has 3 aromatic rings. The zero-order valence-electron chi connectivity index (χ0n) is 19.8. The molecule has 0 spiro atoms. The molecule has 0 heterocycles. The molecule has 0 unspecified atom stereocenters. The van der Waals surface area contributed by atoms with Gasteiger partial charge in [-0.05, 0) is 87.4 Å². The summed E-state index contributed by atoms with van der Waals surface area (Å²) in [5.74, 6) is -0.460. The fraction of sp³-hybridized carbons (Fsp3) is 0.231. The molecule has 3 aromatic carbocycles. The van der Waals surface area contributed by atoms with Crippen LogP contribution in [0.15, 0.2) is 71.6 Å². The summed E-state index contributed by atoms with van der Waals surface area (Å²) >= 11 is 0. The van der Waals surface area contributed by atoms with Crippen molar-refractivity contribution in [3.8, 4) is 0 Å². The quantitative estimate of drug-likeness (QED) is 0.483. The van der Waals surface area contributed by atoms with Crippen LogP contribution in [0.5, 0.6) is 0 Å². The Hall–Kier alpha value is -3.65. The minimum absolute atomic E-state index is 0.0958. The third-order valence-electron chi connectivity index (χ3n) is 5.45. The molecule has 0 aliphatic heterocycles. The van der Waals surface area contributed by atoms with Crippen LogP contribution in [0.2, 0.25) is 0 Å². The summed E-state index contributed by atoms with van der Waals surface area (Å²) in [6.45, 7) is 8.61. The first-order valence-electron chi connectivity index (χ1n) is 11.1. The van der Waals surface area contributed by atoms with E-state index in [2.05, 4.69) is 10.0 Å². The van der Waals surface area contributed by atoms with Gasteiger partial charge < -0.3 is 10.2 Å². The highest BCUT2D eigenvalue weighted by atomic mass is 32.2. The lowest BCUT2D eigenvalue weighted by atomic mass is 10.1. The van der Waals surface area contributed by atoms with Crippen LogP contribution in [-0.2, 0) is 10.0 Å². The van der Waals surface area contributed by atoms with Crippen LogP contribution < -0.4 is 10.0 Å². The Morgan fingerprint density at radius 3 is 2.15 bits per heavy atom. The van der Waals surface area contributed by atoms with E-state index in [1.165, 1.54) is 12.1 Å². The third kappa shape index (κ3) is 5.82. The number of aryl methyl sites for hydroxylation is 2. The number of carbonyl (C=O) groups is 2. The van der Waals surface area contributed by atoms with E-state index in [0.29, 0.717) is 41.2 Å². The molecule has 0 radical (unpaired) electrons. The summed E-state index contributed by atoms with van der Waals surface area (Å²) in [6, 6.07) is 18.2. The monoisotopic (exact) mass is 479 g/mol. The molecule has 0 fully saturated rings. The molecule has 3 rings (SSSR count). The van der Waals surface area contributed by atoms with Crippen molar-refractivity contribution in [3.63, 3.8) is 0 Å². The number of nitrogens with one attached hydrogen (secondary N) is 2. The van der Waals surface area contributed by atoms with Gasteiger partial charge in [0.15, 0.2) is 0 Å². The topological polar surface area (TPSA) is 95.6 Å². The highest BCUT2D eigenvalue weighted by Gasteiger charge is 2.18. The predicted molar refractivity (Wildman–Crippen MR) is 135 cm³/mol. The van der Waals surface area contributed by atoms with Crippen molar-refractivity contribution < 1.29 is 18.0 Å². The number of nitrogens with zero attached hydrogens (tertiary/aromatic N) is 1. The summed E-state index contributed by atoms with van der Waals surface area (Å²) in [4.78, 5) is 27.2. The third-order valence-corrected chi connectivity index (χ3v) is 6.97. The second kappa shape index (κ2) is 10.5. The van der Waals surface area contributed by atoms with Crippen LogP contribution in [-0.4, -0.2) is 38.2 Å². The molecule has 8 heteroatoms. The number of rotatable bonds is 8. The van der Waals surface area contributed by atoms with E-state index in [1.807, 2.05) is 26.8 Å². The van der Waals surface area contributed by atoms with Crippen LogP contribution in [0.3, 0.4) is 0 Å². The fourth-order valence-electron chi connectivity index (χ4n) is 3.52. The molecule has 2 amide bonds. The van der Waals surface area contributed by atoms with Crippen molar-refractivity contribution in [3.05, 3.63) is 89.0 Å². The lowest BCUT2D eigenvalue weighted by molar-refractivity contribution is 0.0772. The highest BCUT2D eigenvalue weighted by molar-refractivity contribution is 7.92. The Morgan fingerprint density at radius 2 is 1.50 bits per heavy atom. The van der Waals surface area contributed by atoms with Gasteiger partial charge in [-0.3, -0.25) is 14.3 Å². The Bertz CT molecular complexity index is 1300. The van der Waals surface area contributed by atoms with E-state index in [1.54, 1.807) is 60.4 Å². The van der Waals surface area contributed by atoms with Crippen LogP contribution in [0, 0.1) is 13.8 Å². The molecule has 178 valence electrons. The summed E-state index contributed by atoms with van der Waals surface area (Å²) < 4.78 is 28.1. The van der Waals surface area contributed by atoms with Gasteiger partial charge in [0.1, 0.15) is 0 Å². The summed E-state index contributed by atoms with van der Waals surface area (Å²) in [5, 5.41) is 2.79. The van der Waals surface area contributed by atoms with Crippen molar-refractivity contribution >= 4 is 33.2 Å².